The maximum Gasteiger partial charge on any atom is 0.460 e. The van der Waals surface area contributed by atoms with Crippen LogP contribution in [0.1, 0.15) is 51.2 Å². The second-order valence-corrected chi connectivity index (χ2v) is 7.05. The van der Waals surface area contributed by atoms with E-state index in [0.717, 1.165) is 18.9 Å². The van der Waals surface area contributed by atoms with Crippen molar-refractivity contribution in [2.24, 2.45) is 0 Å². The average molecular weight is 490 g/mol. The minimum atomic E-state index is -6.64. The van der Waals surface area contributed by atoms with Crippen LogP contribution in [0.25, 0.3) is 0 Å². The van der Waals surface area contributed by atoms with Gasteiger partial charge in [-0.3, -0.25) is 0 Å². The van der Waals surface area contributed by atoms with Crippen LogP contribution in [0.4, 0.5) is 30.7 Å². The van der Waals surface area contributed by atoms with Gasteiger partial charge in [0.1, 0.15) is 24.2 Å². The number of carboxylic acid groups (broad SMARTS) is 1. The molecule has 13 heteroatoms. The second kappa shape index (κ2) is 13.2. The Hall–Kier alpha value is -2.60. The number of aromatic amines is 1. The fourth-order valence-electron chi connectivity index (χ4n) is 2.29. The molecule has 0 aliphatic carbocycles. The van der Waals surface area contributed by atoms with E-state index >= 15 is 0 Å². The van der Waals surface area contributed by atoms with Crippen molar-refractivity contribution < 1.29 is 45.2 Å². The highest BCUT2D eigenvalue weighted by Crippen LogP contribution is 2.46. The highest BCUT2D eigenvalue weighted by Gasteiger charge is 2.73. The fourth-order valence-corrected chi connectivity index (χ4v) is 2.29. The zero-order valence-corrected chi connectivity index (χ0v) is 18.9. The quantitative estimate of drug-likeness (QED) is 0.449. The number of hydrogen-bond acceptors (Lipinski definition) is 3. The normalized spacial score (nSPS) is 11.8. The van der Waals surface area contributed by atoms with Gasteiger partial charge in [0.25, 0.3) is 5.82 Å². The summed E-state index contributed by atoms with van der Waals surface area (Å²) in [5.74, 6) is -14.3. The molecule has 33 heavy (non-hydrogen) atoms. The Bertz CT molecular complexity index is 788. The van der Waals surface area contributed by atoms with Crippen molar-refractivity contribution in [1.29, 1.82) is 0 Å². The lowest BCUT2D eigenvalue weighted by Gasteiger charge is -2.28. The first kappa shape index (κ1) is 30.4. The molecule has 0 aliphatic heterocycles. The lowest BCUT2D eigenvalue weighted by Crippen LogP contribution is -2.60. The van der Waals surface area contributed by atoms with Crippen LogP contribution in [-0.4, -0.2) is 38.5 Å². The number of nitrogens with zero attached hydrogens (tertiary/aromatic N) is 3. The number of carbonyl (C=O) groups excluding carboxylic acids is 1. The Balaban J connectivity index is 0.000000470. The number of carbonyl (C=O) groups is 1. The summed E-state index contributed by atoms with van der Waals surface area (Å²) in [4.78, 5) is 16.5. The van der Waals surface area contributed by atoms with Crippen molar-refractivity contribution in [3.8, 4) is 0 Å². The van der Waals surface area contributed by atoms with Gasteiger partial charge in [0.15, 0.2) is 0 Å². The molecule has 0 radical (unpaired) electrons. The van der Waals surface area contributed by atoms with Crippen LogP contribution in [0, 0.1) is 13.8 Å². The molecule has 0 saturated heterocycles. The number of nitrogens with one attached hydrogen (secondary N) is 1. The molecule has 0 aliphatic rings. The maximum absolute atomic E-state index is 11.7. The molecule has 2 heterocycles. The highest BCUT2D eigenvalue weighted by molar-refractivity contribution is 5.74. The minimum absolute atomic E-state index is 1.11. The molecule has 0 amide bonds. The van der Waals surface area contributed by atoms with Crippen LogP contribution in [0.3, 0.4) is 0 Å². The Morgan fingerprint density at radius 1 is 1.09 bits per heavy atom. The largest absolute Gasteiger partial charge is 0.544 e. The summed E-state index contributed by atoms with van der Waals surface area (Å²) in [5, 5.41) is 9.27. The summed E-state index contributed by atoms with van der Waals surface area (Å²) in [6, 6.07) is 0. The van der Waals surface area contributed by atoms with Gasteiger partial charge in [-0.25, -0.2) is 14.5 Å². The summed E-state index contributed by atoms with van der Waals surface area (Å²) in [6.07, 6.45) is 6.33. The molecule has 0 atom stereocenters. The first-order valence-electron chi connectivity index (χ1n) is 10.2. The SMILES string of the molecule is CCCC[n+]1cc[nH]c1C.CCCCn1ccnc1C.O=C([O-])C(F)(F)C(F)(F)C(F)(F)F. The molecule has 2 aromatic heterocycles. The second-order valence-electron chi connectivity index (χ2n) is 7.05. The summed E-state index contributed by atoms with van der Waals surface area (Å²) in [5.41, 5.74) is 0. The number of hydrogen-bond donors (Lipinski definition) is 1. The van der Waals surface area contributed by atoms with Crippen LogP contribution >= 0.6 is 0 Å². The molecule has 0 aromatic carbocycles. The number of unbranched alkanes of at least 4 members (excludes halogenated alkanes) is 2. The molecule has 0 spiro atoms. The van der Waals surface area contributed by atoms with E-state index in [1.807, 2.05) is 25.5 Å². The van der Waals surface area contributed by atoms with Gasteiger partial charge in [-0.2, -0.15) is 30.7 Å². The zero-order valence-electron chi connectivity index (χ0n) is 18.9. The highest BCUT2D eigenvalue weighted by atomic mass is 19.4. The number of aromatic nitrogens is 4. The van der Waals surface area contributed by atoms with Crippen LogP contribution in [-0.2, 0) is 17.9 Å². The van der Waals surface area contributed by atoms with E-state index in [-0.39, 0.29) is 0 Å². The van der Waals surface area contributed by atoms with Crippen molar-refractivity contribution in [3.63, 3.8) is 0 Å². The Morgan fingerprint density at radius 3 is 2.00 bits per heavy atom. The molecule has 0 bridgehead atoms. The van der Waals surface area contributed by atoms with Crippen molar-refractivity contribution in [2.45, 2.75) is 84.5 Å². The third kappa shape index (κ3) is 9.04. The predicted molar refractivity (Wildman–Crippen MR) is 103 cm³/mol. The van der Waals surface area contributed by atoms with Gasteiger partial charge >= 0.3 is 18.0 Å². The summed E-state index contributed by atoms with van der Waals surface area (Å²) >= 11 is 0. The van der Waals surface area contributed by atoms with Crippen molar-refractivity contribution >= 4 is 5.97 Å². The van der Waals surface area contributed by atoms with Gasteiger partial charge in [-0.15, -0.1) is 0 Å². The maximum atomic E-state index is 11.7. The monoisotopic (exact) mass is 490 g/mol. The number of aryl methyl sites for hydroxylation is 4. The number of aliphatic carboxylic acids is 1. The van der Waals surface area contributed by atoms with Crippen LogP contribution in [0.15, 0.2) is 24.8 Å². The van der Waals surface area contributed by atoms with Gasteiger partial charge in [0.05, 0.1) is 6.54 Å². The molecule has 0 unspecified atom stereocenters. The Labute approximate surface area is 187 Å². The average Bonchev–Trinajstić information content (AvgIpc) is 3.32. The van der Waals surface area contributed by atoms with Crippen molar-refractivity contribution in [1.82, 2.24) is 14.5 Å². The predicted octanol–water partition coefficient (Wildman–Crippen LogP) is 3.97. The van der Waals surface area contributed by atoms with Gasteiger partial charge in [0.2, 0.25) is 0 Å². The van der Waals surface area contributed by atoms with E-state index in [9.17, 15) is 40.6 Å². The number of alkyl halides is 7. The Morgan fingerprint density at radius 2 is 1.67 bits per heavy atom. The topological polar surface area (TPSA) is 77.6 Å². The van der Waals surface area contributed by atoms with Gasteiger partial charge in [-0.05, 0) is 19.8 Å². The summed E-state index contributed by atoms with van der Waals surface area (Å²) in [7, 11) is 0. The first-order valence-corrected chi connectivity index (χ1v) is 10.2. The molecule has 0 saturated carbocycles. The smallest absolute Gasteiger partial charge is 0.460 e. The molecule has 2 rings (SSSR count). The molecule has 190 valence electrons. The van der Waals surface area contributed by atoms with Crippen LogP contribution in [0.2, 0.25) is 0 Å². The number of H-pyrrole nitrogens is 1. The number of carboxylic acids is 1. The molecule has 2 aromatic rings. The van der Waals surface area contributed by atoms with Gasteiger partial charge in [-0.1, -0.05) is 26.7 Å². The third-order valence-electron chi connectivity index (χ3n) is 4.41. The minimum Gasteiger partial charge on any atom is -0.544 e. The number of halogens is 7. The standard InChI is InChI=1S/2C8H14N2.C4HF7O2/c2*1-3-4-6-10-7-5-9-8(10)2;5-2(6,1(12)13)3(7,8)4(9,10)11/h2*5,7H,3-4,6H2,1-2H3;(H,12,13). The van der Waals surface area contributed by atoms with E-state index in [4.69, 9.17) is 0 Å². The zero-order chi connectivity index (χ0) is 25.9. The van der Waals surface area contributed by atoms with E-state index in [0.29, 0.717) is 0 Å². The van der Waals surface area contributed by atoms with Gasteiger partial charge in [0, 0.05) is 25.9 Å². The third-order valence-corrected chi connectivity index (χ3v) is 4.41. The molecule has 0 fully saturated rings. The lowest BCUT2D eigenvalue weighted by molar-refractivity contribution is -0.701. The molecule has 1 N–H and O–H groups in total. The summed E-state index contributed by atoms with van der Waals surface area (Å²) < 4.78 is 84.6. The molecular formula is C20H29F7N4O2. The van der Waals surface area contributed by atoms with E-state index in [1.165, 1.54) is 31.5 Å². The Kier molecular flexibility index (Phi) is 12.2. The van der Waals surface area contributed by atoms with E-state index in [1.54, 1.807) is 0 Å². The summed E-state index contributed by atoms with van der Waals surface area (Å²) in [6.45, 7) is 10.8. The van der Waals surface area contributed by atoms with Crippen molar-refractivity contribution in [2.75, 3.05) is 0 Å². The van der Waals surface area contributed by atoms with Gasteiger partial charge < -0.3 is 14.5 Å². The van der Waals surface area contributed by atoms with Crippen molar-refractivity contribution in [3.05, 3.63) is 36.4 Å². The fraction of sp³-hybridized carbons (Fsp3) is 0.650. The molecule has 6 nitrogen and oxygen atoms in total. The van der Waals surface area contributed by atoms with Crippen LogP contribution in [0.5, 0.6) is 0 Å². The van der Waals surface area contributed by atoms with E-state index in [2.05, 4.69) is 46.1 Å². The molecular weight excluding hydrogens is 461 g/mol. The number of imidazole rings is 2. The van der Waals surface area contributed by atoms with E-state index < -0.39 is 24.0 Å². The number of rotatable bonds is 8. The lowest BCUT2D eigenvalue weighted by atomic mass is 10.1. The van der Waals surface area contributed by atoms with Crippen LogP contribution < -0.4 is 9.67 Å². The first-order chi connectivity index (χ1) is 15.1.